The number of thiazole rings is 1. The highest BCUT2D eigenvalue weighted by Gasteiger charge is 2.28. The summed E-state index contributed by atoms with van der Waals surface area (Å²) in [5.41, 5.74) is 5.15. The van der Waals surface area contributed by atoms with Crippen LogP contribution in [0.1, 0.15) is 44.7 Å². The van der Waals surface area contributed by atoms with Gasteiger partial charge in [0.15, 0.2) is 0 Å². The normalized spacial score (nSPS) is 16.5. The largest absolute Gasteiger partial charge is 0.346 e. The van der Waals surface area contributed by atoms with E-state index in [2.05, 4.69) is 10.3 Å². The van der Waals surface area contributed by atoms with Gasteiger partial charge in [-0.15, -0.1) is 11.3 Å². The molecule has 0 saturated carbocycles. The van der Waals surface area contributed by atoms with E-state index < -0.39 is 5.54 Å². The Hall–Kier alpha value is -0.940. The number of carbonyl (C=O) groups is 1. The van der Waals surface area contributed by atoms with Crippen LogP contribution in [0.15, 0.2) is 11.6 Å². The molecule has 1 rings (SSSR count). The number of aromatic nitrogens is 1. The molecule has 2 atom stereocenters. The molecule has 1 amide bonds. The van der Waals surface area contributed by atoms with Gasteiger partial charge in [0.05, 0.1) is 11.6 Å². The second-order valence-corrected chi connectivity index (χ2v) is 5.16. The van der Waals surface area contributed by atoms with Crippen LogP contribution in [0, 0.1) is 0 Å². The first-order valence-electron chi connectivity index (χ1n) is 5.46. The number of nitrogens with one attached hydrogen (secondary N) is 1. The lowest BCUT2D eigenvalue weighted by atomic mass is 9.96. The quantitative estimate of drug-likeness (QED) is 0.826. The second kappa shape index (κ2) is 5.41. The number of carbonyl (C=O) groups excluding carboxylic acids is 1. The van der Waals surface area contributed by atoms with Crippen LogP contribution in [0.3, 0.4) is 0 Å². The lowest BCUT2D eigenvalue weighted by Gasteiger charge is -2.24. The molecule has 1 heterocycles. The number of nitrogens with two attached hydrogens (primary N) is 1. The minimum atomic E-state index is -0.791. The van der Waals surface area contributed by atoms with Crippen molar-refractivity contribution in [3.63, 3.8) is 0 Å². The van der Waals surface area contributed by atoms with Crippen LogP contribution in [0.5, 0.6) is 0 Å². The average Bonchev–Trinajstić information content (AvgIpc) is 2.70. The van der Waals surface area contributed by atoms with E-state index in [1.807, 2.05) is 19.2 Å². The Morgan fingerprint density at radius 1 is 1.75 bits per heavy atom. The summed E-state index contributed by atoms with van der Waals surface area (Å²) >= 11 is 1.53. The van der Waals surface area contributed by atoms with E-state index in [0.717, 1.165) is 11.4 Å². The van der Waals surface area contributed by atoms with Gasteiger partial charge in [0.1, 0.15) is 5.01 Å². The van der Waals surface area contributed by atoms with Crippen LogP contribution in [0.4, 0.5) is 0 Å². The molecule has 2 unspecified atom stereocenters. The van der Waals surface area contributed by atoms with Crippen molar-refractivity contribution in [1.82, 2.24) is 10.3 Å². The summed E-state index contributed by atoms with van der Waals surface area (Å²) in [7, 11) is 0. The van der Waals surface area contributed by atoms with E-state index in [1.165, 1.54) is 11.3 Å². The highest BCUT2D eigenvalue weighted by Crippen LogP contribution is 2.16. The fraction of sp³-hybridized carbons (Fsp3) is 0.636. The van der Waals surface area contributed by atoms with Gasteiger partial charge in [-0.05, 0) is 20.3 Å². The van der Waals surface area contributed by atoms with Gasteiger partial charge in [-0.3, -0.25) is 4.79 Å². The molecule has 90 valence electrons. The number of nitrogens with zero attached hydrogens (tertiary/aromatic N) is 1. The number of hydrogen-bond donors (Lipinski definition) is 2. The van der Waals surface area contributed by atoms with E-state index in [1.54, 1.807) is 13.1 Å². The summed E-state index contributed by atoms with van der Waals surface area (Å²) < 4.78 is 0. The number of amides is 1. The van der Waals surface area contributed by atoms with Crippen LogP contribution in [0.2, 0.25) is 0 Å². The Morgan fingerprint density at radius 3 is 2.94 bits per heavy atom. The topological polar surface area (TPSA) is 68.0 Å². The predicted octanol–water partition coefficient (Wildman–Crippen LogP) is 1.84. The molecule has 1 aromatic heterocycles. The minimum absolute atomic E-state index is 0.0766. The number of hydrogen-bond acceptors (Lipinski definition) is 4. The van der Waals surface area contributed by atoms with Crippen LogP contribution in [-0.2, 0) is 4.79 Å². The molecule has 0 aliphatic rings. The fourth-order valence-corrected chi connectivity index (χ4v) is 2.15. The summed E-state index contributed by atoms with van der Waals surface area (Å²) in [5, 5.41) is 5.69. The molecular weight excluding hydrogens is 222 g/mol. The van der Waals surface area contributed by atoms with Crippen molar-refractivity contribution in [2.45, 2.75) is 45.2 Å². The zero-order chi connectivity index (χ0) is 12.2. The Bertz CT molecular complexity index is 335. The first kappa shape index (κ1) is 13.1. The molecule has 0 saturated heterocycles. The van der Waals surface area contributed by atoms with Crippen LogP contribution in [0.25, 0.3) is 0 Å². The van der Waals surface area contributed by atoms with Crippen molar-refractivity contribution in [2.75, 3.05) is 0 Å². The second-order valence-electron chi connectivity index (χ2n) is 4.23. The van der Waals surface area contributed by atoms with Gasteiger partial charge in [-0.2, -0.15) is 0 Å². The van der Waals surface area contributed by atoms with E-state index in [0.29, 0.717) is 6.42 Å². The summed E-state index contributed by atoms with van der Waals surface area (Å²) in [4.78, 5) is 16.1. The molecule has 5 heteroatoms. The molecule has 0 aliphatic carbocycles. The summed E-state index contributed by atoms with van der Waals surface area (Å²) in [6.45, 7) is 5.70. The van der Waals surface area contributed by atoms with Crippen molar-refractivity contribution in [2.24, 2.45) is 5.73 Å². The standard InChI is InChI=1S/C11H19N3OS/c1-4-5-11(3,12)10(15)14-8(2)9-13-6-7-16-9/h6-8H,4-5,12H2,1-3H3,(H,14,15). The molecule has 0 aromatic carbocycles. The molecular formula is C11H19N3OS. The van der Waals surface area contributed by atoms with Crippen LogP contribution >= 0.6 is 11.3 Å². The molecule has 3 N–H and O–H groups in total. The van der Waals surface area contributed by atoms with Crippen molar-refractivity contribution in [1.29, 1.82) is 0 Å². The predicted molar refractivity (Wildman–Crippen MR) is 66.2 cm³/mol. The SMILES string of the molecule is CCCC(C)(N)C(=O)NC(C)c1nccs1. The van der Waals surface area contributed by atoms with Gasteiger partial charge in [0.25, 0.3) is 0 Å². The zero-order valence-electron chi connectivity index (χ0n) is 9.99. The third-order valence-electron chi connectivity index (χ3n) is 2.46. The third-order valence-corrected chi connectivity index (χ3v) is 3.42. The first-order chi connectivity index (χ1) is 7.47. The van der Waals surface area contributed by atoms with Crippen molar-refractivity contribution < 1.29 is 4.79 Å². The molecule has 1 aromatic rings. The molecule has 4 nitrogen and oxygen atoms in total. The monoisotopic (exact) mass is 241 g/mol. The Labute approximate surface area is 100 Å². The Kier molecular flexibility index (Phi) is 4.44. The summed E-state index contributed by atoms with van der Waals surface area (Å²) in [5.74, 6) is -0.114. The van der Waals surface area contributed by atoms with E-state index in [-0.39, 0.29) is 11.9 Å². The van der Waals surface area contributed by atoms with Crippen molar-refractivity contribution in [3.05, 3.63) is 16.6 Å². The maximum absolute atomic E-state index is 11.9. The first-order valence-corrected chi connectivity index (χ1v) is 6.34. The molecule has 0 fully saturated rings. The van der Waals surface area contributed by atoms with Gasteiger partial charge in [-0.25, -0.2) is 4.98 Å². The molecule has 16 heavy (non-hydrogen) atoms. The Morgan fingerprint density at radius 2 is 2.44 bits per heavy atom. The molecule has 0 radical (unpaired) electrons. The molecule has 0 bridgehead atoms. The maximum Gasteiger partial charge on any atom is 0.240 e. The smallest absolute Gasteiger partial charge is 0.240 e. The molecule has 0 spiro atoms. The van der Waals surface area contributed by atoms with E-state index in [4.69, 9.17) is 5.73 Å². The highest BCUT2D eigenvalue weighted by atomic mass is 32.1. The van der Waals surface area contributed by atoms with Crippen molar-refractivity contribution >= 4 is 17.2 Å². The van der Waals surface area contributed by atoms with E-state index in [9.17, 15) is 4.79 Å². The lowest BCUT2D eigenvalue weighted by molar-refractivity contribution is -0.126. The highest BCUT2D eigenvalue weighted by molar-refractivity contribution is 7.09. The van der Waals surface area contributed by atoms with Crippen LogP contribution in [-0.4, -0.2) is 16.4 Å². The zero-order valence-corrected chi connectivity index (χ0v) is 10.8. The Balaban J connectivity index is 2.57. The van der Waals surface area contributed by atoms with Gasteiger partial charge in [0.2, 0.25) is 5.91 Å². The van der Waals surface area contributed by atoms with Gasteiger partial charge in [-0.1, -0.05) is 13.3 Å². The van der Waals surface area contributed by atoms with Gasteiger partial charge >= 0.3 is 0 Å². The molecule has 0 aliphatic heterocycles. The fourth-order valence-electron chi connectivity index (χ4n) is 1.50. The number of rotatable bonds is 5. The third kappa shape index (κ3) is 3.28. The van der Waals surface area contributed by atoms with Crippen molar-refractivity contribution in [3.8, 4) is 0 Å². The average molecular weight is 241 g/mol. The van der Waals surface area contributed by atoms with Gasteiger partial charge in [0, 0.05) is 11.6 Å². The lowest BCUT2D eigenvalue weighted by Crippen LogP contribution is -2.51. The van der Waals surface area contributed by atoms with E-state index >= 15 is 0 Å². The van der Waals surface area contributed by atoms with Crippen LogP contribution < -0.4 is 11.1 Å². The summed E-state index contributed by atoms with van der Waals surface area (Å²) in [6.07, 6.45) is 3.31. The van der Waals surface area contributed by atoms with Gasteiger partial charge < -0.3 is 11.1 Å². The minimum Gasteiger partial charge on any atom is -0.346 e. The summed E-state index contributed by atoms with van der Waals surface area (Å²) in [6, 6.07) is -0.0766. The maximum atomic E-state index is 11.9.